The van der Waals surface area contributed by atoms with Crippen molar-refractivity contribution in [1.82, 2.24) is 10.2 Å². The number of nitrogens with zero attached hydrogens (tertiary/aromatic N) is 1. The third-order valence-electron chi connectivity index (χ3n) is 4.55. The second kappa shape index (κ2) is 8.02. The van der Waals surface area contributed by atoms with Crippen LogP contribution in [-0.4, -0.2) is 30.4 Å². The van der Waals surface area contributed by atoms with E-state index in [1.54, 1.807) is 30.5 Å². The summed E-state index contributed by atoms with van der Waals surface area (Å²) in [5, 5.41) is 3.00. The van der Waals surface area contributed by atoms with Crippen molar-refractivity contribution < 1.29 is 9.21 Å². The van der Waals surface area contributed by atoms with Gasteiger partial charge in [0.2, 0.25) is 0 Å². The summed E-state index contributed by atoms with van der Waals surface area (Å²) in [6, 6.07) is 11.0. The van der Waals surface area contributed by atoms with Gasteiger partial charge in [0.15, 0.2) is 0 Å². The Bertz CT molecular complexity index is 654. The van der Waals surface area contributed by atoms with Crippen molar-refractivity contribution in [3.05, 3.63) is 54.0 Å². The van der Waals surface area contributed by atoms with E-state index in [1.807, 2.05) is 12.1 Å². The van der Waals surface area contributed by atoms with Crippen LogP contribution in [0.2, 0.25) is 0 Å². The molecule has 1 aliphatic heterocycles. The summed E-state index contributed by atoms with van der Waals surface area (Å²) in [4.78, 5) is 14.6. The molecule has 1 fully saturated rings. The molecule has 128 valence electrons. The third-order valence-corrected chi connectivity index (χ3v) is 4.55. The van der Waals surface area contributed by atoms with Crippen molar-refractivity contribution in [2.24, 2.45) is 5.92 Å². The van der Waals surface area contributed by atoms with Gasteiger partial charge in [-0.15, -0.1) is 0 Å². The van der Waals surface area contributed by atoms with Gasteiger partial charge in [0.25, 0.3) is 5.91 Å². The molecule has 1 aliphatic rings. The lowest BCUT2D eigenvalue weighted by molar-refractivity contribution is 0.0945. The van der Waals surface area contributed by atoms with Crippen molar-refractivity contribution in [2.45, 2.75) is 25.8 Å². The highest BCUT2D eigenvalue weighted by molar-refractivity contribution is 5.94. The standard InChI is InChI=1S/C19H25N3O2/c20-17-6-1-5-16(12-17)19(23)21-9-8-15-4-2-10-22(13-15)14-18-7-3-11-24-18/h1,3,5-7,11-12,15H,2,4,8-10,13-14,20H2,(H,21,23)/t15-/m1/s1. The molecule has 1 aromatic heterocycles. The van der Waals surface area contributed by atoms with E-state index in [2.05, 4.69) is 10.2 Å². The number of nitrogen functional groups attached to an aromatic ring is 1. The number of hydrogen-bond acceptors (Lipinski definition) is 4. The second-order valence-electron chi connectivity index (χ2n) is 6.49. The Morgan fingerprint density at radius 3 is 3.04 bits per heavy atom. The molecular weight excluding hydrogens is 302 g/mol. The topological polar surface area (TPSA) is 71.5 Å². The third kappa shape index (κ3) is 4.61. The molecule has 3 rings (SSSR count). The minimum atomic E-state index is -0.0504. The number of hydrogen-bond donors (Lipinski definition) is 2. The van der Waals surface area contributed by atoms with E-state index in [1.165, 1.54) is 12.8 Å². The largest absolute Gasteiger partial charge is 0.468 e. The molecule has 1 amide bonds. The highest BCUT2D eigenvalue weighted by Gasteiger charge is 2.20. The molecule has 24 heavy (non-hydrogen) atoms. The summed E-state index contributed by atoms with van der Waals surface area (Å²) in [5.41, 5.74) is 6.96. The molecule has 0 aliphatic carbocycles. The molecule has 0 spiro atoms. The number of carbonyl (C=O) groups excluding carboxylic acids is 1. The van der Waals surface area contributed by atoms with E-state index in [-0.39, 0.29) is 5.91 Å². The van der Waals surface area contributed by atoms with Crippen LogP contribution >= 0.6 is 0 Å². The molecule has 0 saturated carbocycles. The van der Waals surface area contributed by atoms with Gasteiger partial charge in [-0.25, -0.2) is 0 Å². The first kappa shape index (κ1) is 16.6. The van der Waals surface area contributed by atoms with Crippen molar-refractivity contribution >= 4 is 11.6 Å². The van der Waals surface area contributed by atoms with Gasteiger partial charge >= 0.3 is 0 Å². The van der Waals surface area contributed by atoms with Gasteiger partial charge in [0.1, 0.15) is 5.76 Å². The van der Waals surface area contributed by atoms with E-state index in [0.29, 0.717) is 23.7 Å². The van der Waals surface area contributed by atoms with E-state index >= 15 is 0 Å². The number of carbonyl (C=O) groups is 1. The molecular formula is C19H25N3O2. The minimum absolute atomic E-state index is 0.0504. The van der Waals surface area contributed by atoms with Crippen molar-refractivity contribution in [3.63, 3.8) is 0 Å². The Balaban J connectivity index is 1.42. The molecule has 1 aromatic carbocycles. The van der Waals surface area contributed by atoms with E-state index in [0.717, 1.165) is 31.8 Å². The van der Waals surface area contributed by atoms with Gasteiger partial charge in [-0.1, -0.05) is 6.07 Å². The van der Waals surface area contributed by atoms with Gasteiger partial charge in [-0.05, 0) is 62.1 Å². The van der Waals surface area contributed by atoms with Gasteiger partial charge in [0, 0.05) is 24.3 Å². The maximum Gasteiger partial charge on any atom is 0.251 e. The van der Waals surface area contributed by atoms with Crippen LogP contribution in [0, 0.1) is 5.92 Å². The van der Waals surface area contributed by atoms with E-state index in [4.69, 9.17) is 10.2 Å². The first-order valence-corrected chi connectivity index (χ1v) is 8.59. The Morgan fingerprint density at radius 1 is 1.33 bits per heavy atom. The Morgan fingerprint density at radius 2 is 2.25 bits per heavy atom. The molecule has 3 N–H and O–H groups in total. The molecule has 2 aromatic rings. The predicted octanol–water partition coefficient (Wildman–Crippen LogP) is 2.89. The number of furan rings is 1. The fourth-order valence-corrected chi connectivity index (χ4v) is 3.33. The maximum atomic E-state index is 12.1. The number of anilines is 1. The summed E-state index contributed by atoms with van der Waals surface area (Å²) in [6.45, 7) is 3.76. The lowest BCUT2D eigenvalue weighted by atomic mass is 9.94. The van der Waals surface area contributed by atoms with Crippen LogP contribution in [0.3, 0.4) is 0 Å². The number of likely N-dealkylation sites (tertiary alicyclic amines) is 1. The highest BCUT2D eigenvalue weighted by Crippen LogP contribution is 2.21. The molecule has 2 heterocycles. The number of rotatable bonds is 6. The molecule has 0 bridgehead atoms. The van der Waals surface area contributed by atoms with Gasteiger partial charge in [-0.3, -0.25) is 9.69 Å². The summed E-state index contributed by atoms with van der Waals surface area (Å²) in [5.74, 6) is 1.59. The zero-order valence-corrected chi connectivity index (χ0v) is 13.9. The predicted molar refractivity (Wildman–Crippen MR) is 94.5 cm³/mol. The summed E-state index contributed by atoms with van der Waals surface area (Å²) in [6.07, 6.45) is 5.16. The summed E-state index contributed by atoms with van der Waals surface area (Å²) >= 11 is 0. The van der Waals surface area contributed by atoms with Crippen LogP contribution in [0.1, 0.15) is 35.4 Å². The molecule has 0 unspecified atom stereocenters. The molecule has 1 atom stereocenters. The molecule has 5 nitrogen and oxygen atoms in total. The minimum Gasteiger partial charge on any atom is -0.468 e. The fraction of sp³-hybridized carbons (Fsp3) is 0.421. The zero-order valence-electron chi connectivity index (χ0n) is 13.9. The van der Waals surface area contributed by atoms with Gasteiger partial charge in [0.05, 0.1) is 12.8 Å². The van der Waals surface area contributed by atoms with Crippen LogP contribution < -0.4 is 11.1 Å². The number of piperidine rings is 1. The highest BCUT2D eigenvalue weighted by atomic mass is 16.3. The Kier molecular flexibility index (Phi) is 5.54. The Hall–Kier alpha value is -2.27. The number of nitrogens with two attached hydrogens (primary N) is 1. The van der Waals surface area contributed by atoms with Crippen LogP contribution in [0.4, 0.5) is 5.69 Å². The van der Waals surface area contributed by atoms with Crippen LogP contribution in [-0.2, 0) is 6.54 Å². The van der Waals surface area contributed by atoms with Crippen molar-refractivity contribution in [2.75, 3.05) is 25.4 Å². The molecule has 1 saturated heterocycles. The Labute approximate surface area is 142 Å². The number of benzene rings is 1. The average Bonchev–Trinajstić information content (AvgIpc) is 3.08. The van der Waals surface area contributed by atoms with Crippen molar-refractivity contribution in [3.8, 4) is 0 Å². The SMILES string of the molecule is Nc1cccc(C(=O)NCC[C@H]2CCCN(Cc3ccco3)C2)c1. The van der Waals surface area contributed by atoms with Crippen LogP contribution in [0.15, 0.2) is 47.1 Å². The maximum absolute atomic E-state index is 12.1. The number of nitrogens with one attached hydrogen (secondary N) is 1. The van der Waals surface area contributed by atoms with Crippen LogP contribution in [0.5, 0.6) is 0 Å². The van der Waals surface area contributed by atoms with Gasteiger partial charge < -0.3 is 15.5 Å². The first-order chi connectivity index (χ1) is 11.7. The number of amides is 1. The fourth-order valence-electron chi connectivity index (χ4n) is 3.33. The van der Waals surface area contributed by atoms with Gasteiger partial charge in [-0.2, -0.15) is 0 Å². The first-order valence-electron chi connectivity index (χ1n) is 8.59. The lowest BCUT2D eigenvalue weighted by Crippen LogP contribution is -2.36. The smallest absolute Gasteiger partial charge is 0.251 e. The average molecular weight is 327 g/mol. The second-order valence-corrected chi connectivity index (χ2v) is 6.49. The quantitative estimate of drug-likeness (QED) is 0.800. The monoisotopic (exact) mass is 327 g/mol. The van der Waals surface area contributed by atoms with Crippen molar-refractivity contribution in [1.29, 1.82) is 0 Å². The summed E-state index contributed by atoms with van der Waals surface area (Å²) < 4.78 is 5.43. The lowest BCUT2D eigenvalue weighted by Gasteiger charge is -2.32. The zero-order chi connectivity index (χ0) is 16.8. The van der Waals surface area contributed by atoms with E-state index in [9.17, 15) is 4.79 Å². The normalized spacial score (nSPS) is 18.4. The summed E-state index contributed by atoms with van der Waals surface area (Å²) in [7, 11) is 0. The van der Waals surface area contributed by atoms with Crippen LogP contribution in [0.25, 0.3) is 0 Å². The van der Waals surface area contributed by atoms with E-state index < -0.39 is 0 Å². The molecule has 5 heteroatoms. The molecule has 0 radical (unpaired) electrons.